The first-order chi connectivity index (χ1) is 10.8. The molecule has 7 heteroatoms. The fraction of sp³-hybridized carbons (Fsp3) is 0.500. The van der Waals surface area contributed by atoms with Crippen LogP contribution in [0.4, 0.5) is 4.39 Å². The van der Waals surface area contributed by atoms with Crippen molar-refractivity contribution in [3.05, 3.63) is 23.5 Å². The normalized spacial score (nSPS) is 21.0. The number of carboxylic acids is 1. The summed E-state index contributed by atoms with van der Waals surface area (Å²) in [5.41, 5.74) is -1.27. The van der Waals surface area contributed by atoms with Gasteiger partial charge >= 0.3 is 5.97 Å². The van der Waals surface area contributed by atoms with Crippen LogP contribution in [0.2, 0.25) is 0 Å². The minimum absolute atomic E-state index is 0.0140. The van der Waals surface area contributed by atoms with E-state index in [0.29, 0.717) is 19.4 Å². The van der Waals surface area contributed by atoms with Gasteiger partial charge in [0.25, 0.3) is 5.91 Å². The standard InChI is InChI=1S/C16H20FNO5/c1-16(15(20)21)7-4-8-18(9-16)14(19)12-10(17)5-6-11(22-2)13(12)23-3/h5-6H,4,7-9H2,1-3H3,(H,20,21). The van der Waals surface area contributed by atoms with Gasteiger partial charge in [0, 0.05) is 13.1 Å². The number of ether oxygens (including phenoxy) is 2. The maximum absolute atomic E-state index is 14.2. The number of benzene rings is 1. The lowest BCUT2D eigenvalue weighted by Crippen LogP contribution is -2.48. The summed E-state index contributed by atoms with van der Waals surface area (Å²) in [4.78, 5) is 25.5. The molecule has 1 aromatic carbocycles. The van der Waals surface area contributed by atoms with Crippen molar-refractivity contribution in [3.63, 3.8) is 0 Å². The maximum atomic E-state index is 14.2. The second-order valence-electron chi connectivity index (χ2n) is 5.85. The summed E-state index contributed by atoms with van der Waals surface area (Å²) in [6.07, 6.45) is 1.02. The predicted octanol–water partition coefficient (Wildman–Crippen LogP) is 2.17. The maximum Gasteiger partial charge on any atom is 0.311 e. The van der Waals surface area contributed by atoms with E-state index in [1.807, 2.05) is 0 Å². The van der Waals surface area contributed by atoms with Crippen LogP contribution in [0.1, 0.15) is 30.1 Å². The van der Waals surface area contributed by atoms with Gasteiger partial charge in [0.05, 0.1) is 19.6 Å². The minimum atomic E-state index is -1.03. The summed E-state index contributed by atoms with van der Waals surface area (Å²) in [5.74, 6) is -2.02. The Morgan fingerprint density at radius 1 is 1.30 bits per heavy atom. The zero-order valence-electron chi connectivity index (χ0n) is 13.4. The molecule has 0 spiro atoms. The van der Waals surface area contributed by atoms with Gasteiger partial charge in [-0.2, -0.15) is 0 Å². The van der Waals surface area contributed by atoms with Crippen LogP contribution >= 0.6 is 0 Å². The summed E-state index contributed by atoms with van der Waals surface area (Å²) in [6, 6.07) is 2.51. The molecule has 6 nitrogen and oxygen atoms in total. The first-order valence-corrected chi connectivity index (χ1v) is 7.27. The third-order valence-electron chi connectivity index (χ3n) is 4.21. The topological polar surface area (TPSA) is 76.1 Å². The van der Waals surface area contributed by atoms with Gasteiger partial charge in [0.1, 0.15) is 11.4 Å². The van der Waals surface area contributed by atoms with E-state index >= 15 is 0 Å². The fourth-order valence-corrected chi connectivity index (χ4v) is 2.85. The highest BCUT2D eigenvalue weighted by molar-refractivity contribution is 5.98. The van der Waals surface area contributed by atoms with Gasteiger partial charge in [-0.1, -0.05) is 0 Å². The van der Waals surface area contributed by atoms with Gasteiger partial charge in [-0.15, -0.1) is 0 Å². The van der Waals surface area contributed by atoms with E-state index in [2.05, 4.69) is 0 Å². The average Bonchev–Trinajstić information content (AvgIpc) is 2.53. The molecular weight excluding hydrogens is 305 g/mol. The summed E-state index contributed by atoms with van der Waals surface area (Å²) in [7, 11) is 2.72. The Bertz CT molecular complexity index is 633. The molecule has 23 heavy (non-hydrogen) atoms. The van der Waals surface area contributed by atoms with Gasteiger partial charge in [0.15, 0.2) is 11.5 Å². The van der Waals surface area contributed by atoms with Crippen molar-refractivity contribution in [1.29, 1.82) is 0 Å². The van der Waals surface area contributed by atoms with Crippen LogP contribution in [-0.4, -0.2) is 49.2 Å². The Hall–Kier alpha value is -2.31. The molecule has 1 N–H and O–H groups in total. The van der Waals surface area contributed by atoms with Crippen LogP contribution in [0.3, 0.4) is 0 Å². The summed E-state index contributed by atoms with van der Waals surface area (Å²) >= 11 is 0. The number of rotatable bonds is 4. The molecule has 0 radical (unpaired) electrons. The van der Waals surface area contributed by atoms with E-state index in [0.717, 1.165) is 6.07 Å². The highest BCUT2D eigenvalue weighted by atomic mass is 19.1. The van der Waals surface area contributed by atoms with Crippen molar-refractivity contribution in [1.82, 2.24) is 4.90 Å². The van der Waals surface area contributed by atoms with E-state index in [9.17, 15) is 19.1 Å². The Kier molecular flexibility index (Phi) is 4.77. The molecule has 126 valence electrons. The number of hydrogen-bond donors (Lipinski definition) is 1. The van der Waals surface area contributed by atoms with Crippen LogP contribution in [0.5, 0.6) is 11.5 Å². The molecule has 1 heterocycles. The molecule has 1 aliphatic rings. The lowest BCUT2D eigenvalue weighted by Gasteiger charge is -2.37. The monoisotopic (exact) mass is 325 g/mol. The van der Waals surface area contributed by atoms with Gasteiger partial charge in [-0.3, -0.25) is 9.59 Å². The number of likely N-dealkylation sites (tertiary alicyclic amines) is 1. The molecule has 0 aliphatic carbocycles. The molecule has 0 aromatic heterocycles. The summed E-state index contributed by atoms with van der Waals surface area (Å²) in [5, 5.41) is 9.35. The molecule has 1 amide bonds. The Morgan fingerprint density at radius 3 is 2.57 bits per heavy atom. The van der Waals surface area contributed by atoms with Crippen molar-refractivity contribution in [2.45, 2.75) is 19.8 Å². The van der Waals surface area contributed by atoms with Crippen molar-refractivity contribution >= 4 is 11.9 Å². The van der Waals surface area contributed by atoms with Crippen molar-refractivity contribution in [2.75, 3.05) is 27.3 Å². The Morgan fingerprint density at radius 2 is 2.00 bits per heavy atom. The highest BCUT2D eigenvalue weighted by Crippen LogP contribution is 2.36. The second kappa shape index (κ2) is 6.44. The lowest BCUT2D eigenvalue weighted by molar-refractivity contribution is -0.150. The zero-order valence-corrected chi connectivity index (χ0v) is 13.4. The predicted molar refractivity (Wildman–Crippen MR) is 80.4 cm³/mol. The third kappa shape index (κ3) is 3.09. The van der Waals surface area contributed by atoms with Crippen LogP contribution in [0, 0.1) is 11.2 Å². The van der Waals surface area contributed by atoms with Gasteiger partial charge in [-0.05, 0) is 31.9 Å². The molecule has 1 aromatic rings. The number of halogens is 1. The molecule has 1 fully saturated rings. The number of aliphatic carboxylic acids is 1. The van der Waals surface area contributed by atoms with Crippen LogP contribution in [0.15, 0.2) is 12.1 Å². The highest BCUT2D eigenvalue weighted by Gasteiger charge is 2.40. The summed E-state index contributed by atoms with van der Waals surface area (Å²) < 4.78 is 24.4. The quantitative estimate of drug-likeness (QED) is 0.918. The Balaban J connectivity index is 2.39. The van der Waals surface area contributed by atoms with Gasteiger partial charge < -0.3 is 19.5 Å². The number of carbonyl (C=O) groups is 2. The largest absolute Gasteiger partial charge is 0.493 e. The smallest absolute Gasteiger partial charge is 0.311 e. The SMILES string of the molecule is COc1ccc(F)c(C(=O)N2CCCC(C)(C(=O)O)C2)c1OC. The van der Waals surface area contributed by atoms with E-state index < -0.39 is 23.1 Å². The zero-order chi connectivity index (χ0) is 17.2. The molecule has 1 unspecified atom stereocenters. The summed E-state index contributed by atoms with van der Waals surface area (Å²) in [6.45, 7) is 2.00. The molecule has 1 atom stereocenters. The third-order valence-corrected chi connectivity index (χ3v) is 4.21. The first kappa shape index (κ1) is 17.1. The van der Waals surface area contributed by atoms with E-state index in [4.69, 9.17) is 9.47 Å². The van der Waals surface area contributed by atoms with Crippen LogP contribution < -0.4 is 9.47 Å². The Labute approximate surface area is 133 Å². The van der Waals surface area contributed by atoms with Gasteiger partial charge in [-0.25, -0.2) is 4.39 Å². The van der Waals surface area contributed by atoms with Crippen molar-refractivity contribution in [3.8, 4) is 11.5 Å². The molecule has 1 saturated heterocycles. The number of methoxy groups -OCH3 is 2. The molecule has 1 aliphatic heterocycles. The van der Waals surface area contributed by atoms with Crippen molar-refractivity contribution in [2.24, 2.45) is 5.41 Å². The molecular formula is C16H20FNO5. The lowest BCUT2D eigenvalue weighted by atomic mass is 9.82. The van der Waals surface area contributed by atoms with Crippen LogP contribution in [0.25, 0.3) is 0 Å². The van der Waals surface area contributed by atoms with E-state index in [1.54, 1.807) is 6.92 Å². The number of piperidine rings is 1. The van der Waals surface area contributed by atoms with Crippen LogP contribution in [-0.2, 0) is 4.79 Å². The van der Waals surface area contributed by atoms with Gasteiger partial charge in [0.2, 0.25) is 0 Å². The first-order valence-electron chi connectivity index (χ1n) is 7.27. The number of carboxylic acid groups (broad SMARTS) is 1. The number of hydrogen-bond acceptors (Lipinski definition) is 4. The van der Waals surface area contributed by atoms with E-state index in [-0.39, 0.29) is 23.6 Å². The number of amides is 1. The molecule has 0 saturated carbocycles. The average molecular weight is 325 g/mol. The molecule has 2 rings (SSSR count). The fourth-order valence-electron chi connectivity index (χ4n) is 2.85. The minimum Gasteiger partial charge on any atom is -0.493 e. The molecule has 0 bridgehead atoms. The van der Waals surface area contributed by atoms with Crippen molar-refractivity contribution < 1.29 is 28.6 Å². The number of carbonyl (C=O) groups excluding carboxylic acids is 1. The number of nitrogens with zero attached hydrogens (tertiary/aromatic N) is 1. The second-order valence-corrected chi connectivity index (χ2v) is 5.85. The van der Waals surface area contributed by atoms with E-state index in [1.165, 1.54) is 25.2 Å².